The fraction of sp³-hybridized carbons (Fsp3) is 0.733. The van der Waals surface area contributed by atoms with Gasteiger partial charge < -0.3 is 9.88 Å². The third-order valence-corrected chi connectivity index (χ3v) is 4.78. The third kappa shape index (κ3) is 2.28. The first-order chi connectivity index (χ1) is 8.68. The molecule has 0 saturated heterocycles. The largest absolute Gasteiger partial charge is 0.362 e. The highest BCUT2D eigenvalue weighted by atomic mass is 16.1. The van der Waals surface area contributed by atoms with Crippen molar-refractivity contribution in [2.45, 2.75) is 54.1 Å². The molecule has 0 unspecified atom stereocenters. The van der Waals surface area contributed by atoms with Crippen LogP contribution in [0.4, 0.5) is 5.82 Å². The van der Waals surface area contributed by atoms with Crippen molar-refractivity contribution in [2.24, 2.45) is 16.7 Å². The molecule has 1 aliphatic rings. The maximum Gasteiger partial charge on any atom is 0.293 e. The monoisotopic (exact) mass is 263 g/mol. The van der Waals surface area contributed by atoms with E-state index >= 15 is 0 Å². The summed E-state index contributed by atoms with van der Waals surface area (Å²) in [6.07, 6.45) is 3.46. The summed E-state index contributed by atoms with van der Waals surface area (Å²) < 4.78 is 1.74. The molecular formula is C15H25N3O. The van der Waals surface area contributed by atoms with E-state index in [-0.39, 0.29) is 16.4 Å². The summed E-state index contributed by atoms with van der Waals surface area (Å²) >= 11 is 0. The molecule has 1 fully saturated rings. The van der Waals surface area contributed by atoms with Crippen molar-refractivity contribution in [3.05, 3.63) is 22.7 Å². The van der Waals surface area contributed by atoms with E-state index in [1.807, 2.05) is 0 Å². The minimum atomic E-state index is -0.0188. The molecule has 1 aromatic heterocycles. The zero-order valence-corrected chi connectivity index (χ0v) is 12.8. The summed E-state index contributed by atoms with van der Waals surface area (Å²) in [5.41, 5.74) is 0.370. The quantitative estimate of drug-likeness (QED) is 0.908. The Labute approximate surface area is 115 Å². The minimum Gasteiger partial charge on any atom is -0.362 e. The second-order valence-electron chi connectivity index (χ2n) is 7.15. The maximum atomic E-state index is 12.3. The molecule has 1 aliphatic carbocycles. The molecule has 1 heterocycles. The van der Waals surface area contributed by atoms with E-state index < -0.39 is 0 Å². The Morgan fingerprint density at radius 2 is 1.89 bits per heavy atom. The van der Waals surface area contributed by atoms with Gasteiger partial charge in [0.05, 0.1) is 0 Å². The van der Waals surface area contributed by atoms with Crippen molar-refractivity contribution in [1.82, 2.24) is 9.55 Å². The van der Waals surface area contributed by atoms with Crippen LogP contribution < -0.4 is 10.9 Å². The Bertz CT molecular complexity index is 514. The van der Waals surface area contributed by atoms with Crippen molar-refractivity contribution in [1.29, 1.82) is 0 Å². The van der Waals surface area contributed by atoms with Gasteiger partial charge in [0.25, 0.3) is 5.56 Å². The van der Waals surface area contributed by atoms with Gasteiger partial charge in [0.2, 0.25) is 0 Å². The molecule has 4 nitrogen and oxygen atoms in total. The van der Waals surface area contributed by atoms with Crippen molar-refractivity contribution >= 4 is 5.82 Å². The Morgan fingerprint density at radius 1 is 1.32 bits per heavy atom. The highest BCUT2D eigenvalue weighted by Crippen LogP contribution is 2.63. The predicted octanol–water partition coefficient (Wildman–Crippen LogP) is 2.75. The van der Waals surface area contributed by atoms with Crippen molar-refractivity contribution in [3.63, 3.8) is 0 Å². The first kappa shape index (κ1) is 14.1. The van der Waals surface area contributed by atoms with Crippen molar-refractivity contribution in [3.8, 4) is 0 Å². The van der Waals surface area contributed by atoms with Gasteiger partial charge in [-0.3, -0.25) is 4.79 Å². The van der Waals surface area contributed by atoms with Crippen LogP contribution >= 0.6 is 0 Å². The average Bonchev–Trinajstić information content (AvgIpc) is 2.65. The van der Waals surface area contributed by atoms with Gasteiger partial charge in [-0.1, -0.05) is 41.5 Å². The SMILES string of the molecule is CC(C)Cn1ccnc(NC2C(C)(C)C2(C)C)c1=O. The van der Waals surface area contributed by atoms with Gasteiger partial charge in [-0.2, -0.15) is 0 Å². The number of hydrogen-bond acceptors (Lipinski definition) is 3. The molecule has 1 aromatic rings. The van der Waals surface area contributed by atoms with E-state index in [9.17, 15) is 4.79 Å². The van der Waals surface area contributed by atoms with Crippen LogP contribution in [0.15, 0.2) is 17.2 Å². The smallest absolute Gasteiger partial charge is 0.293 e. The van der Waals surface area contributed by atoms with Gasteiger partial charge in [0, 0.05) is 25.0 Å². The molecule has 0 bridgehead atoms. The highest BCUT2D eigenvalue weighted by molar-refractivity contribution is 5.40. The zero-order chi connectivity index (χ0) is 14.4. The molecule has 19 heavy (non-hydrogen) atoms. The topological polar surface area (TPSA) is 46.9 Å². The van der Waals surface area contributed by atoms with E-state index in [2.05, 4.69) is 51.8 Å². The normalized spacial score (nSPS) is 20.6. The van der Waals surface area contributed by atoms with Crippen molar-refractivity contribution in [2.75, 3.05) is 5.32 Å². The van der Waals surface area contributed by atoms with E-state index in [4.69, 9.17) is 0 Å². The lowest BCUT2D eigenvalue weighted by Crippen LogP contribution is -2.27. The number of nitrogens with zero attached hydrogens (tertiary/aromatic N) is 2. The second-order valence-corrected chi connectivity index (χ2v) is 7.15. The summed E-state index contributed by atoms with van der Waals surface area (Å²) in [7, 11) is 0. The Kier molecular flexibility index (Phi) is 3.23. The molecule has 0 atom stereocenters. The molecule has 106 valence electrons. The second kappa shape index (κ2) is 4.36. The summed E-state index contributed by atoms with van der Waals surface area (Å²) in [4.78, 5) is 16.5. The first-order valence-electron chi connectivity index (χ1n) is 7.00. The zero-order valence-electron chi connectivity index (χ0n) is 12.8. The highest BCUT2D eigenvalue weighted by Gasteiger charge is 2.65. The Morgan fingerprint density at radius 3 is 2.37 bits per heavy atom. The molecule has 2 rings (SSSR count). The first-order valence-corrected chi connectivity index (χ1v) is 7.00. The van der Waals surface area contributed by atoms with Crippen LogP contribution in [0.2, 0.25) is 0 Å². The van der Waals surface area contributed by atoms with Gasteiger partial charge in [-0.05, 0) is 16.7 Å². The van der Waals surface area contributed by atoms with E-state index in [0.717, 1.165) is 6.54 Å². The van der Waals surface area contributed by atoms with Gasteiger partial charge in [0.15, 0.2) is 5.82 Å². The molecule has 0 aliphatic heterocycles. The molecular weight excluding hydrogens is 238 g/mol. The van der Waals surface area contributed by atoms with Gasteiger partial charge in [-0.15, -0.1) is 0 Å². The predicted molar refractivity (Wildman–Crippen MR) is 78.3 cm³/mol. The summed E-state index contributed by atoms with van der Waals surface area (Å²) in [6.45, 7) is 13.8. The van der Waals surface area contributed by atoms with Crippen LogP contribution in [0.1, 0.15) is 41.5 Å². The number of aromatic nitrogens is 2. The van der Waals surface area contributed by atoms with Crippen LogP contribution in [-0.2, 0) is 6.54 Å². The van der Waals surface area contributed by atoms with E-state index in [1.54, 1.807) is 17.0 Å². The van der Waals surface area contributed by atoms with Gasteiger partial charge in [0.1, 0.15) is 0 Å². The third-order valence-electron chi connectivity index (χ3n) is 4.78. The maximum absolute atomic E-state index is 12.3. The minimum absolute atomic E-state index is 0.0188. The van der Waals surface area contributed by atoms with E-state index in [0.29, 0.717) is 17.8 Å². The number of nitrogens with one attached hydrogen (secondary N) is 1. The standard InChI is InChI=1S/C15H25N3O/c1-10(2)9-18-8-7-16-11(12(18)19)17-13-14(3,4)15(13,5)6/h7-8,10,13H,9H2,1-6H3,(H,16,17). The average molecular weight is 263 g/mol. The van der Waals surface area contributed by atoms with Crippen LogP contribution in [0.5, 0.6) is 0 Å². The fourth-order valence-electron chi connectivity index (χ4n) is 2.78. The molecule has 0 amide bonds. The Hall–Kier alpha value is -1.32. The molecule has 1 N–H and O–H groups in total. The molecule has 4 heteroatoms. The number of hydrogen-bond donors (Lipinski definition) is 1. The lowest BCUT2D eigenvalue weighted by atomic mass is 10.0. The molecule has 0 aromatic carbocycles. The van der Waals surface area contributed by atoms with Gasteiger partial charge in [-0.25, -0.2) is 4.98 Å². The number of rotatable bonds is 4. The summed E-state index contributed by atoms with van der Waals surface area (Å²) in [6, 6.07) is 0.301. The van der Waals surface area contributed by atoms with Crippen LogP contribution in [0, 0.1) is 16.7 Å². The molecule has 0 spiro atoms. The Balaban J connectivity index is 2.22. The van der Waals surface area contributed by atoms with Crippen LogP contribution in [-0.4, -0.2) is 15.6 Å². The van der Waals surface area contributed by atoms with Crippen LogP contribution in [0.25, 0.3) is 0 Å². The summed E-state index contributed by atoms with van der Waals surface area (Å²) in [5.74, 6) is 0.925. The molecule has 1 saturated carbocycles. The van der Waals surface area contributed by atoms with Crippen LogP contribution in [0.3, 0.4) is 0 Å². The lowest BCUT2D eigenvalue weighted by molar-refractivity contribution is 0.457. The van der Waals surface area contributed by atoms with E-state index in [1.165, 1.54) is 0 Å². The fourth-order valence-corrected chi connectivity index (χ4v) is 2.78. The lowest BCUT2D eigenvalue weighted by Gasteiger charge is -2.11. The molecule has 0 radical (unpaired) electrons. The number of anilines is 1. The van der Waals surface area contributed by atoms with Crippen molar-refractivity contribution < 1.29 is 0 Å². The summed E-state index contributed by atoms with van der Waals surface area (Å²) in [5, 5.41) is 3.33. The van der Waals surface area contributed by atoms with Gasteiger partial charge >= 0.3 is 0 Å².